The molecule has 0 fully saturated rings. The predicted molar refractivity (Wildman–Crippen MR) is 243 cm³/mol. The Morgan fingerprint density at radius 1 is 0.379 bits per heavy atom. The normalized spacial score (nSPS) is 11.8. The summed E-state index contributed by atoms with van der Waals surface area (Å²) in [6.45, 7) is 0. The molecule has 0 aliphatic heterocycles. The average molecular weight is 761 g/mol. The molecule has 12 rings (SSSR count). The second-order valence-corrected chi connectivity index (χ2v) is 15.8. The molecule has 3 aromatic heterocycles. The molecule has 12 aromatic rings. The van der Waals surface area contributed by atoms with E-state index < -0.39 is 0 Å². The minimum Gasteiger partial charge on any atom is -0.456 e. The Hall–Kier alpha value is -7.47. The van der Waals surface area contributed by atoms with E-state index in [2.05, 4.69) is 163 Å². The topological polar surface area (TPSA) is 42.4 Å². The molecule has 58 heavy (non-hydrogen) atoms. The molecule has 0 radical (unpaired) electrons. The molecule has 4 nitrogen and oxygen atoms in total. The molecule has 0 aliphatic rings. The lowest BCUT2D eigenvalue weighted by Gasteiger charge is -2.26. The van der Waals surface area contributed by atoms with E-state index in [0.29, 0.717) is 5.89 Å². The van der Waals surface area contributed by atoms with Crippen molar-refractivity contribution in [3.63, 3.8) is 0 Å². The molecule has 0 spiro atoms. The van der Waals surface area contributed by atoms with E-state index in [-0.39, 0.29) is 0 Å². The van der Waals surface area contributed by atoms with Gasteiger partial charge in [0.15, 0.2) is 5.58 Å². The van der Waals surface area contributed by atoms with E-state index >= 15 is 0 Å². The third kappa shape index (κ3) is 5.40. The second kappa shape index (κ2) is 13.1. The maximum absolute atomic E-state index is 6.33. The number of furan rings is 1. The van der Waals surface area contributed by atoms with Crippen LogP contribution in [0.25, 0.3) is 97.7 Å². The zero-order chi connectivity index (χ0) is 38.2. The van der Waals surface area contributed by atoms with Crippen LogP contribution in [0.5, 0.6) is 0 Å². The van der Waals surface area contributed by atoms with E-state index in [1.54, 1.807) is 0 Å². The summed E-state index contributed by atoms with van der Waals surface area (Å²) < 4.78 is 15.1. The van der Waals surface area contributed by atoms with Gasteiger partial charge in [0.25, 0.3) is 0 Å². The van der Waals surface area contributed by atoms with E-state index in [0.717, 1.165) is 66.8 Å². The second-order valence-electron chi connectivity index (χ2n) is 14.7. The van der Waals surface area contributed by atoms with Crippen molar-refractivity contribution in [3.8, 4) is 33.7 Å². The first-order valence-electron chi connectivity index (χ1n) is 19.4. The van der Waals surface area contributed by atoms with Crippen molar-refractivity contribution in [2.75, 3.05) is 4.90 Å². The Morgan fingerprint density at radius 3 is 1.90 bits per heavy atom. The number of hydrogen-bond donors (Lipinski definition) is 0. The van der Waals surface area contributed by atoms with Crippen molar-refractivity contribution in [1.29, 1.82) is 0 Å². The molecular weight excluding hydrogens is 729 g/mol. The number of nitrogens with zero attached hydrogens (tertiary/aromatic N) is 2. The highest BCUT2D eigenvalue weighted by molar-refractivity contribution is 7.25. The number of hydrogen-bond acceptors (Lipinski definition) is 5. The Labute approximate surface area is 337 Å². The van der Waals surface area contributed by atoms with Crippen LogP contribution in [0.3, 0.4) is 0 Å². The zero-order valence-corrected chi connectivity index (χ0v) is 31.9. The first-order chi connectivity index (χ1) is 28.7. The van der Waals surface area contributed by atoms with Crippen LogP contribution in [0.1, 0.15) is 0 Å². The van der Waals surface area contributed by atoms with Gasteiger partial charge < -0.3 is 13.7 Å². The molecule has 9 aromatic carbocycles. The summed E-state index contributed by atoms with van der Waals surface area (Å²) in [6, 6.07) is 69.0. The average Bonchev–Trinajstić information content (AvgIpc) is 3.98. The van der Waals surface area contributed by atoms with Crippen molar-refractivity contribution < 1.29 is 8.83 Å². The summed E-state index contributed by atoms with van der Waals surface area (Å²) in [5, 5.41) is 7.13. The van der Waals surface area contributed by atoms with Gasteiger partial charge in [0.2, 0.25) is 5.89 Å². The van der Waals surface area contributed by atoms with Crippen LogP contribution in [0, 0.1) is 0 Å². The number of anilines is 3. The van der Waals surface area contributed by atoms with Gasteiger partial charge in [-0.2, -0.15) is 0 Å². The summed E-state index contributed by atoms with van der Waals surface area (Å²) >= 11 is 1.84. The molecule has 0 saturated carbocycles. The summed E-state index contributed by atoms with van der Waals surface area (Å²) in [7, 11) is 0. The third-order valence-electron chi connectivity index (χ3n) is 11.3. The number of fused-ring (bicyclic) bond motifs is 8. The van der Waals surface area contributed by atoms with Gasteiger partial charge in [-0.25, -0.2) is 4.98 Å². The van der Waals surface area contributed by atoms with Gasteiger partial charge in [-0.1, -0.05) is 115 Å². The van der Waals surface area contributed by atoms with Crippen molar-refractivity contribution in [2.24, 2.45) is 0 Å². The van der Waals surface area contributed by atoms with Gasteiger partial charge in [0, 0.05) is 59.6 Å². The zero-order valence-electron chi connectivity index (χ0n) is 31.1. The van der Waals surface area contributed by atoms with E-state index in [1.165, 1.54) is 42.1 Å². The number of benzene rings is 9. The molecule has 0 saturated heterocycles. The van der Waals surface area contributed by atoms with Crippen molar-refractivity contribution in [1.82, 2.24) is 4.98 Å². The lowest BCUT2D eigenvalue weighted by Crippen LogP contribution is -2.09. The fourth-order valence-corrected chi connectivity index (χ4v) is 9.59. The minimum atomic E-state index is 0.604. The first kappa shape index (κ1) is 32.7. The predicted octanol–water partition coefficient (Wildman–Crippen LogP) is 15.7. The van der Waals surface area contributed by atoms with Crippen molar-refractivity contribution >= 4 is 92.4 Å². The van der Waals surface area contributed by atoms with E-state index in [4.69, 9.17) is 13.8 Å². The number of aromatic nitrogens is 1. The van der Waals surface area contributed by atoms with Crippen LogP contribution >= 0.6 is 11.3 Å². The molecule has 5 heteroatoms. The van der Waals surface area contributed by atoms with E-state index in [9.17, 15) is 0 Å². The standard InChI is InChI=1S/C53H32N2O2S/c1-2-10-36(11-3-1)53-54-47-32-49-46(31-50(47)57-53)45-29-37(21-28-48(45)56-49)33-17-22-38(23-18-33)55(40-26-27-44-43-14-6-7-16-51(43)58-52(44)30-40)39-24-19-35(20-25-39)42-15-8-12-34-9-4-5-13-41(34)42/h1-32H. The van der Waals surface area contributed by atoms with Crippen LogP contribution in [-0.4, -0.2) is 4.98 Å². The maximum atomic E-state index is 6.33. The summed E-state index contributed by atoms with van der Waals surface area (Å²) in [6.07, 6.45) is 0. The maximum Gasteiger partial charge on any atom is 0.227 e. The minimum absolute atomic E-state index is 0.604. The quantitative estimate of drug-likeness (QED) is 0.169. The Kier molecular flexibility index (Phi) is 7.37. The lowest BCUT2D eigenvalue weighted by atomic mass is 9.98. The van der Waals surface area contributed by atoms with Crippen LogP contribution in [-0.2, 0) is 0 Å². The summed E-state index contributed by atoms with van der Waals surface area (Å²) in [4.78, 5) is 7.12. The molecule has 272 valence electrons. The fraction of sp³-hybridized carbons (Fsp3) is 0. The van der Waals surface area contributed by atoms with Gasteiger partial charge in [0.1, 0.15) is 16.7 Å². The molecule has 0 aliphatic carbocycles. The smallest absolute Gasteiger partial charge is 0.227 e. The van der Waals surface area contributed by atoms with E-state index in [1.807, 2.05) is 47.7 Å². The number of oxazole rings is 1. The molecule has 0 bridgehead atoms. The van der Waals surface area contributed by atoms with Gasteiger partial charge in [-0.3, -0.25) is 0 Å². The molecule has 3 heterocycles. The Bertz CT molecular complexity index is 3500. The van der Waals surface area contributed by atoms with Gasteiger partial charge in [0.05, 0.1) is 0 Å². The SMILES string of the molecule is c1ccc(-c2nc3cc4oc5ccc(-c6ccc(N(c7ccc(-c8cccc9ccccc89)cc7)c7ccc8c(c7)sc7ccccc78)cc6)cc5c4cc3o2)cc1. The third-order valence-corrected chi connectivity index (χ3v) is 12.4. The lowest BCUT2D eigenvalue weighted by molar-refractivity contribution is 0.620. The van der Waals surface area contributed by atoms with Gasteiger partial charge in [-0.15, -0.1) is 11.3 Å². The van der Waals surface area contributed by atoms with Crippen LogP contribution in [0.4, 0.5) is 17.1 Å². The highest BCUT2D eigenvalue weighted by atomic mass is 32.1. The summed E-state index contributed by atoms with van der Waals surface area (Å²) in [5.41, 5.74) is 12.0. The molecule has 0 atom stereocenters. The number of rotatable bonds is 6. The fourth-order valence-electron chi connectivity index (χ4n) is 8.45. The van der Waals surface area contributed by atoms with Crippen molar-refractivity contribution in [3.05, 3.63) is 194 Å². The van der Waals surface area contributed by atoms with Crippen LogP contribution < -0.4 is 4.90 Å². The highest BCUT2D eigenvalue weighted by Crippen LogP contribution is 2.42. The monoisotopic (exact) mass is 760 g/mol. The van der Waals surface area contributed by atoms with Crippen LogP contribution in [0.2, 0.25) is 0 Å². The van der Waals surface area contributed by atoms with Crippen LogP contribution in [0.15, 0.2) is 203 Å². The summed E-state index contributed by atoms with van der Waals surface area (Å²) in [5.74, 6) is 0.604. The largest absolute Gasteiger partial charge is 0.456 e. The van der Waals surface area contributed by atoms with Gasteiger partial charge >= 0.3 is 0 Å². The molecule has 0 N–H and O–H groups in total. The first-order valence-corrected chi connectivity index (χ1v) is 20.2. The molecule has 0 unspecified atom stereocenters. The highest BCUT2D eigenvalue weighted by Gasteiger charge is 2.18. The molecule has 0 amide bonds. The van der Waals surface area contributed by atoms with Gasteiger partial charge in [-0.05, 0) is 106 Å². The Morgan fingerprint density at radius 2 is 1.05 bits per heavy atom. The number of thiophene rings is 1. The Balaban J connectivity index is 0.933. The molecular formula is C53H32N2O2S. The van der Waals surface area contributed by atoms with Crippen molar-refractivity contribution in [2.45, 2.75) is 0 Å².